The summed E-state index contributed by atoms with van der Waals surface area (Å²) in [5, 5.41) is 27.5. The summed E-state index contributed by atoms with van der Waals surface area (Å²) in [7, 11) is 0. The van der Waals surface area contributed by atoms with E-state index in [9.17, 15) is 19.2 Å². The lowest BCUT2D eigenvalue weighted by molar-refractivity contribution is -0.137. The molecule has 0 bridgehead atoms. The van der Waals surface area contributed by atoms with Crippen LogP contribution in [0.25, 0.3) is 0 Å². The standard InChI is InChI=1S/C20H26N8O6/c1-20(2,3)34-19(33)23-12(6-7-15(29)30)18(32)28-13(9-11-5-4-8-21-16(11)28)17(31)22-10-14-24-26-27-25-14/h4-5,8,12-13H,6-7,9-10H2,1-3H3,(H,22,31)(H,23,33)(H,29,30)(H,24,25,26,27). The molecule has 2 atom stereocenters. The van der Waals surface area contributed by atoms with Gasteiger partial charge in [0.1, 0.15) is 23.5 Å². The molecule has 14 heteroatoms. The molecule has 4 N–H and O–H groups in total. The van der Waals surface area contributed by atoms with Crippen LogP contribution < -0.4 is 15.5 Å². The van der Waals surface area contributed by atoms with Crippen LogP contribution >= 0.6 is 0 Å². The van der Waals surface area contributed by atoms with Crippen molar-refractivity contribution in [1.82, 2.24) is 36.2 Å². The van der Waals surface area contributed by atoms with Gasteiger partial charge >= 0.3 is 12.1 Å². The molecule has 2 aromatic heterocycles. The highest BCUT2D eigenvalue weighted by Gasteiger charge is 2.42. The highest BCUT2D eigenvalue weighted by atomic mass is 16.6. The number of nitrogens with zero attached hydrogens (tertiary/aromatic N) is 5. The molecule has 1 aliphatic heterocycles. The van der Waals surface area contributed by atoms with E-state index in [-0.39, 0.29) is 37.4 Å². The lowest BCUT2D eigenvalue weighted by Crippen LogP contribution is -2.55. The van der Waals surface area contributed by atoms with Gasteiger partial charge in [-0.25, -0.2) is 9.78 Å². The molecule has 3 rings (SSSR count). The number of carboxylic acid groups (broad SMARTS) is 1. The second-order valence-electron chi connectivity index (χ2n) is 8.59. The van der Waals surface area contributed by atoms with Crippen molar-refractivity contribution in [2.24, 2.45) is 0 Å². The largest absolute Gasteiger partial charge is 0.481 e. The van der Waals surface area contributed by atoms with Crippen LogP contribution in [0, 0.1) is 0 Å². The molecule has 3 heterocycles. The Hall–Kier alpha value is -4.10. The first-order chi connectivity index (χ1) is 16.0. The summed E-state index contributed by atoms with van der Waals surface area (Å²) in [6.07, 6.45) is 0.194. The molecule has 14 nitrogen and oxygen atoms in total. The highest BCUT2D eigenvalue weighted by Crippen LogP contribution is 2.31. The minimum Gasteiger partial charge on any atom is -0.481 e. The number of rotatable bonds is 8. The van der Waals surface area contributed by atoms with E-state index >= 15 is 0 Å². The number of pyridine rings is 1. The molecule has 0 aliphatic carbocycles. The Morgan fingerprint density at radius 3 is 2.74 bits per heavy atom. The number of alkyl carbamates (subject to hydrolysis) is 1. The zero-order valence-corrected chi connectivity index (χ0v) is 18.9. The minimum atomic E-state index is -1.26. The number of tetrazole rings is 1. The molecular weight excluding hydrogens is 448 g/mol. The van der Waals surface area contributed by atoms with E-state index in [1.165, 1.54) is 11.1 Å². The first-order valence-corrected chi connectivity index (χ1v) is 10.5. The van der Waals surface area contributed by atoms with Crippen LogP contribution in [0.15, 0.2) is 18.3 Å². The lowest BCUT2D eigenvalue weighted by Gasteiger charge is -2.29. The lowest BCUT2D eigenvalue weighted by atomic mass is 10.1. The third kappa shape index (κ3) is 6.24. The predicted molar refractivity (Wildman–Crippen MR) is 115 cm³/mol. The van der Waals surface area contributed by atoms with Crippen LogP contribution in [0.3, 0.4) is 0 Å². The summed E-state index contributed by atoms with van der Waals surface area (Å²) in [6, 6.07) is 1.19. The van der Waals surface area contributed by atoms with Gasteiger partial charge in [-0.3, -0.25) is 19.3 Å². The molecular formula is C20H26N8O6. The Labute approximate surface area is 194 Å². The van der Waals surface area contributed by atoms with Crippen molar-refractivity contribution in [3.05, 3.63) is 29.7 Å². The van der Waals surface area contributed by atoms with Gasteiger partial charge in [-0.1, -0.05) is 11.3 Å². The Kier molecular flexibility index (Phi) is 7.38. The molecule has 0 fully saturated rings. The first-order valence-electron chi connectivity index (χ1n) is 10.5. The molecule has 2 unspecified atom stereocenters. The highest BCUT2D eigenvalue weighted by molar-refractivity contribution is 6.05. The number of H-pyrrole nitrogens is 1. The van der Waals surface area contributed by atoms with E-state index in [0.717, 1.165) is 0 Å². The Bertz CT molecular complexity index is 1050. The van der Waals surface area contributed by atoms with Gasteiger partial charge < -0.3 is 20.5 Å². The molecule has 182 valence electrons. The van der Waals surface area contributed by atoms with Crippen LogP contribution in [-0.4, -0.2) is 72.3 Å². The fourth-order valence-electron chi connectivity index (χ4n) is 3.41. The van der Waals surface area contributed by atoms with Crippen LogP contribution in [0.5, 0.6) is 0 Å². The number of hydrogen-bond acceptors (Lipinski definition) is 9. The number of ether oxygens (including phenoxy) is 1. The van der Waals surface area contributed by atoms with E-state index in [4.69, 9.17) is 9.84 Å². The maximum Gasteiger partial charge on any atom is 0.408 e. The number of amides is 3. The molecule has 3 amide bonds. The average Bonchev–Trinajstić information content (AvgIpc) is 3.40. The van der Waals surface area contributed by atoms with Crippen LogP contribution in [0.1, 0.15) is 45.0 Å². The number of anilines is 1. The Morgan fingerprint density at radius 1 is 1.32 bits per heavy atom. The van der Waals surface area contributed by atoms with Crippen LogP contribution in [0.2, 0.25) is 0 Å². The van der Waals surface area contributed by atoms with E-state index < -0.39 is 41.6 Å². The van der Waals surface area contributed by atoms with E-state index in [2.05, 4.69) is 36.2 Å². The van der Waals surface area contributed by atoms with Gasteiger partial charge in [0.15, 0.2) is 5.82 Å². The van der Waals surface area contributed by atoms with Gasteiger partial charge in [0, 0.05) is 19.0 Å². The van der Waals surface area contributed by atoms with Crippen molar-refractivity contribution in [1.29, 1.82) is 0 Å². The van der Waals surface area contributed by atoms with Crippen molar-refractivity contribution in [3.63, 3.8) is 0 Å². The van der Waals surface area contributed by atoms with Gasteiger partial charge in [0.25, 0.3) is 5.91 Å². The molecule has 1 aliphatic rings. The Balaban J connectivity index is 1.84. The predicted octanol–water partition coefficient (Wildman–Crippen LogP) is -0.0731. The number of aromatic amines is 1. The van der Waals surface area contributed by atoms with Crippen molar-refractivity contribution >= 4 is 29.7 Å². The maximum absolute atomic E-state index is 13.6. The smallest absolute Gasteiger partial charge is 0.408 e. The fraction of sp³-hybridized carbons (Fsp3) is 0.500. The summed E-state index contributed by atoms with van der Waals surface area (Å²) in [6.45, 7) is 4.96. The minimum absolute atomic E-state index is 0.0176. The number of carbonyl (C=O) groups excluding carboxylic acids is 3. The summed E-state index contributed by atoms with van der Waals surface area (Å²) >= 11 is 0. The molecule has 0 radical (unpaired) electrons. The van der Waals surface area contributed by atoms with Gasteiger partial charge in [0.05, 0.1) is 6.54 Å². The summed E-state index contributed by atoms with van der Waals surface area (Å²) in [4.78, 5) is 55.5. The number of aliphatic carboxylic acids is 1. The SMILES string of the molecule is CC(C)(C)OC(=O)NC(CCC(=O)O)C(=O)N1c2ncccc2CC1C(=O)NCc1nn[nH]n1. The number of hydrogen-bond donors (Lipinski definition) is 4. The van der Waals surface area contributed by atoms with Crippen molar-refractivity contribution in [3.8, 4) is 0 Å². The second kappa shape index (κ2) is 10.2. The number of nitrogens with one attached hydrogen (secondary N) is 3. The molecule has 34 heavy (non-hydrogen) atoms. The monoisotopic (exact) mass is 474 g/mol. The summed E-state index contributed by atoms with van der Waals surface area (Å²) < 4.78 is 5.23. The van der Waals surface area contributed by atoms with E-state index in [1.54, 1.807) is 32.9 Å². The maximum atomic E-state index is 13.6. The van der Waals surface area contributed by atoms with Crippen molar-refractivity contribution in [2.75, 3.05) is 4.90 Å². The molecule has 0 spiro atoms. The number of carboxylic acids is 1. The van der Waals surface area contributed by atoms with Gasteiger partial charge in [0.2, 0.25) is 5.91 Å². The van der Waals surface area contributed by atoms with Gasteiger partial charge in [-0.2, -0.15) is 5.21 Å². The topological polar surface area (TPSA) is 192 Å². The van der Waals surface area contributed by atoms with Crippen molar-refractivity contribution < 1.29 is 29.0 Å². The van der Waals surface area contributed by atoms with E-state index in [1.807, 2.05) is 0 Å². The van der Waals surface area contributed by atoms with E-state index in [0.29, 0.717) is 5.56 Å². The molecule has 0 aromatic carbocycles. The Morgan fingerprint density at radius 2 is 2.09 bits per heavy atom. The third-order valence-electron chi connectivity index (χ3n) is 4.81. The zero-order valence-electron chi connectivity index (χ0n) is 18.9. The first kappa shape index (κ1) is 24.5. The average molecular weight is 474 g/mol. The zero-order chi connectivity index (χ0) is 24.9. The molecule has 0 saturated carbocycles. The number of carbonyl (C=O) groups is 4. The second-order valence-corrected chi connectivity index (χ2v) is 8.59. The van der Waals surface area contributed by atoms with Crippen LogP contribution in [-0.2, 0) is 32.1 Å². The number of aromatic nitrogens is 5. The van der Waals surface area contributed by atoms with Gasteiger partial charge in [-0.05, 0) is 38.8 Å². The molecule has 0 saturated heterocycles. The van der Waals surface area contributed by atoms with Gasteiger partial charge in [-0.15, -0.1) is 10.2 Å². The quantitative estimate of drug-likeness (QED) is 0.402. The molecule has 2 aromatic rings. The van der Waals surface area contributed by atoms with Crippen molar-refractivity contribution in [2.45, 2.75) is 64.3 Å². The number of fused-ring (bicyclic) bond motifs is 1. The fourth-order valence-corrected chi connectivity index (χ4v) is 3.41. The summed E-state index contributed by atoms with van der Waals surface area (Å²) in [5.41, 5.74) is -0.172. The summed E-state index contributed by atoms with van der Waals surface area (Å²) in [5.74, 6) is -1.79. The van der Waals surface area contributed by atoms with Crippen LogP contribution in [0.4, 0.5) is 10.6 Å². The normalized spacial score (nSPS) is 15.9. The third-order valence-corrected chi connectivity index (χ3v) is 4.81.